The Hall–Kier alpha value is -2.38. The maximum absolute atomic E-state index is 13.7. The molecule has 1 amide bonds. The number of halogens is 4. The van der Waals surface area contributed by atoms with Gasteiger partial charge in [0.25, 0.3) is 5.91 Å². The van der Waals surface area contributed by atoms with E-state index in [1.807, 2.05) is 0 Å². The number of carbonyl (C=O) groups excluding carboxylic acids is 1. The van der Waals surface area contributed by atoms with Gasteiger partial charge in [-0.3, -0.25) is 10.1 Å². The van der Waals surface area contributed by atoms with Gasteiger partial charge in [-0.05, 0) is 19.1 Å². The number of aryl methyl sites for hydroxylation is 1. The van der Waals surface area contributed by atoms with E-state index in [1.54, 1.807) is 6.92 Å². The molecule has 0 bridgehead atoms. The third-order valence-electron chi connectivity index (χ3n) is 2.39. The summed E-state index contributed by atoms with van der Waals surface area (Å²) in [6.45, 7) is 1.59. The van der Waals surface area contributed by atoms with Crippen LogP contribution in [-0.2, 0) is 6.18 Å². The molecule has 0 aliphatic carbocycles. The number of hydrogen-bond donors (Lipinski definition) is 1. The third kappa shape index (κ3) is 2.79. The first-order valence-electron chi connectivity index (χ1n) is 5.38. The van der Waals surface area contributed by atoms with Gasteiger partial charge in [0.2, 0.25) is 0 Å². The molecule has 0 aliphatic rings. The molecule has 1 aromatic heterocycles. The molecule has 20 heavy (non-hydrogen) atoms. The normalized spacial score (nSPS) is 11.4. The number of aromatic nitrogens is 1. The quantitative estimate of drug-likeness (QED) is 0.862. The number of hydrogen-bond acceptors (Lipinski definition) is 3. The van der Waals surface area contributed by atoms with Crippen molar-refractivity contribution in [3.8, 4) is 0 Å². The van der Waals surface area contributed by atoms with Crippen LogP contribution in [0.1, 0.15) is 21.6 Å². The molecule has 0 saturated carbocycles. The number of nitrogens with zero attached hydrogens (tertiary/aromatic N) is 1. The van der Waals surface area contributed by atoms with Gasteiger partial charge in [-0.25, -0.2) is 4.39 Å². The van der Waals surface area contributed by atoms with Crippen molar-refractivity contribution in [3.63, 3.8) is 0 Å². The van der Waals surface area contributed by atoms with Crippen LogP contribution in [0.3, 0.4) is 0 Å². The van der Waals surface area contributed by atoms with Crippen LogP contribution < -0.4 is 5.32 Å². The molecular weight excluding hydrogens is 280 g/mol. The summed E-state index contributed by atoms with van der Waals surface area (Å²) < 4.78 is 56.1. The summed E-state index contributed by atoms with van der Waals surface area (Å²) in [7, 11) is 0. The van der Waals surface area contributed by atoms with Crippen LogP contribution in [-0.4, -0.2) is 10.9 Å². The number of benzene rings is 1. The molecule has 106 valence electrons. The Balaban J connectivity index is 2.31. The largest absolute Gasteiger partial charge is 0.432 e. The van der Waals surface area contributed by atoms with Crippen LogP contribution in [0.15, 0.2) is 28.9 Å². The molecule has 0 atom stereocenters. The first-order valence-corrected chi connectivity index (χ1v) is 5.38. The lowest BCUT2D eigenvalue weighted by Crippen LogP contribution is -2.17. The van der Waals surface area contributed by atoms with Gasteiger partial charge in [0, 0.05) is 0 Å². The molecule has 8 heteroatoms. The summed E-state index contributed by atoms with van der Waals surface area (Å²) in [6, 6.07) is 2.22. The van der Waals surface area contributed by atoms with Crippen LogP contribution in [0.4, 0.5) is 23.6 Å². The monoisotopic (exact) mass is 288 g/mol. The highest BCUT2D eigenvalue weighted by Gasteiger charge is 2.35. The molecule has 1 heterocycles. The highest BCUT2D eigenvalue weighted by atomic mass is 19.4. The smallest absolute Gasteiger partial charge is 0.419 e. The minimum absolute atomic E-state index is 0.218. The van der Waals surface area contributed by atoms with E-state index in [1.165, 1.54) is 6.26 Å². The van der Waals surface area contributed by atoms with Gasteiger partial charge in [0.15, 0.2) is 0 Å². The summed E-state index contributed by atoms with van der Waals surface area (Å²) in [5.74, 6) is -2.71. The first kappa shape index (κ1) is 14.0. The number of oxazole rings is 1. The second kappa shape index (κ2) is 4.95. The number of alkyl halides is 3. The van der Waals surface area contributed by atoms with E-state index in [9.17, 15) is 22.4 Å². The molecule has 0 fully saturated rings. The third-order valence-corrected chi connectivity index (χ3v) is 2.39. The highest BCUT2D eigenvalue weighted by molar-refractivity contribution is 6.03. The maximum Gasteiger partial charge on any atom is 0.419 e. The van der Waals surface area contributed by atoms with E-state index >= 15 is 0 Å². The van der Waals surface area contributed by atoms with E-state index < -0.39 is 29.0 Å². The average molecular weight is 288 g/mol. The lowest BCUT2D eigenvalue weighted by atomic mass is 10.1. The molecule has 0 aliphatic heterocycles. The lowest BCUT2D eigenvalue weighted by Gasteiger charge is -2.10. The molecule has 1 N–H and O–H groups in total. The molecule has 0 unspecified atom stereocenters. The van der Waals surface area contributed by atoms with E-state index in [-0.39, 0.29) is 6.01 Å². The molecule has 2 aromatic rings. The Labute approximate surface area is 110 Å². The van der Waals surface area contributed by atoms with Crippen LogP contribution in [0.25, 0.3) is 0 Å². The van der Waals surface area contributed by atoms with Crippen LogP contribution >= 0.6 is 0 Å². The van der Waals surface area contributed by atoms with Gasteiger partial charge in [-0.2, -0.15) is 18.2 Å². The Morgan fingerprint density at radius 2 is 2.05 bits per heavy atom. The fourth-order valence-corrected chi connectivity index (χ4v) is 1.50. The maximum atomic E-state index is 13.7. The van der Waals surface area contributed by atoms with Gasteiger partial charge >= 0.3 is 12.2 Å². The van der Waals surface area contributed by atoms with Crippen molar-refractivity contribution in [3.05, 3.63) is 47.1 Å². The lowest BCUT2D eigenvalue weighted by molar-refractivity contribution is -0.140. The number of rotatable bonds is 2. The molecule has 0 saturated heterocycles. The van der Waals surface area contributed by atoms with Gasteiger partial charge in [0.1, 0.15) is 12.1 Å². The summed E-state index contributed by atoms with van der Waals surface area (Å²) in [5, 5.41) is 2.07. The Morgan fingerprint density at radius 1 is 1.35 bits per heavy atom. The number of amides is 1. The standard InChI is InChI=1S/C12H8F4N2O2/c1-6-5-20-11(17-6)18-10(19)7-3-2-4-8(9(7)13)12(14,15)16/h2-5H,1H3,(H,17,18,19). The van der Waals surface area contributed by atoms with E-state index in [0.717, 1.165) is 12.1 Å². The zero-order valence-corrected chi connectivity index (χ0v) is 10.1. The van der Waals surface area contributed by atoms with Crippen molar-refractivity contribution >= 4 is 11.9 Å². The molecule has 0 spiro atoms. The molecular formula is C12H8F4N2O2. The predicted molar refractivity (Wildman–Crippen MR) is 60.6 cm³/mol. The summed E-state index contributed by atoms with van der Waals surface area (Å²) in [4.78, 5) is 15.4. The summed E-state index contributed by atoms with van der Waals surface area (Å²) in [6.07, 6.45) is -3.64. The minimum Gasteiger partial charge on any atom is -0.432 e. The van der Waals surface area contributed by atoms with Gasteiger partial charge < -0.3 is 4.42 Å². The van der Waals surface area contributed by atoms with Gasteiger partial charge in [-0.1, -0.05) is 6.07 Å². The average Bonchev–Trinajstić information content (AvgIpc) is 2.73. The molecule has 0 radical (unpaired) electrons. The first-order chi connectivity index (χ1) is 9.29. The van der Waals surface area contributed by atoms with Gasteiger partial charge in [0.05, 0.1) is 16.8 Å². The number of anilines is 1. The fraction of sp³-hybridized carbons (Fsp3) is 0.167. The Bertz CT molecular complexity index is 649. The van der Waals surface area contributed by atoms with Crippen molar-refractivity contribution < 1.29 is 26.8 Å². The highest BCUT2D eigenvalue weighted by Crippen LogP contribution is 2.32. The molecule has 1 aromatic carbocycles. The van der Waals surface area contributed by atoms with E-state index in [4.69, 9.17) is 4.42 Å². The minimum atomic E-state index is -4.88. The van der Waals surface area contributed by atoms with Crippen LogP contribution in [0.5, 0.6) is 0 Å². The fourth-order valence-electron chi connectivity index (χ4n) is 1.50. The van der Waals surface area contributed by atoms with Gasteiger partial charge in [-0.15, -0.1) is 0 Å². The second-order valence-electron chi connectivity index (χ2n) is 3.91. The van der Waals surface area contributed by atoms with Crippen LogP contribution in [0, 0.1) is 12.7 Å². The summed E-state index contributed by atoms with van der Waals surface area (Å²) >= 11 is 0. The summed E-state index contributed by atoms with van der Waals surface area (Å²) in [5.41, 5.74) is -1.78. The zero-order chi connectivity index (χ0) is 14.9. The predicted octanol–water partition coefficient (Wildman–Crippen LogP) is 3.39. The number of carbonyl (C=O) groups is 1. The van der Waals surface area contributed by atoms with E-state index in [0.29, 0.717) is 11.8 Å². The Morgan fingerprint density at radius 3 is 2.60 bits per heavy atom. The van der Waals surface area contributed by atoms with Crippen molar-refractivity contribution in [2.24, 2.45) is 0 Å². The van der Waals surface area contributed by atoms with Crippen molar-refractivity contribution in [2.75, 3.05) is 5.32 Å². The zero-order valence-electron chi connectivity index (χ0n) is 10.1. The van der Waals surface area contributed by atoms with Crippen molar-refractivity contribution in [2.45, 2.75) is 13.1 Å². The van der Waals surface area contributed by atoms with Crippen molar-refractivity contribution in [1.29, 1.82) is 0 Å². The molecule has 2 rings (SSSR count). The number of nitrogens with one attached hydrogen (secondary N) is 1. The van der Waals surface area contributed by atoms with Crippen molar-refractivity contribution in [1.82, 2.24) is 4.98 Å². The van der Waals surface area contributed by atoms with Crippen LogP contribution in [0.2, 0.25) is 0 Å². The Kier molecular flexibility index (Phi) is 3.47. The van der Waals surface area contributed by atoms with E-state index in [2.05, 4.69) is 10.3 Å². The topological polar surface area (TPSA) is 55.1 Å². The SMILES string of the molecule is Cc1coc(NC(=O)c2cccc(C(F)(F)F)c2F)n1. The molecule has 4 nitrogen and oxygen atoms in total. The second-order valence-corrected chi connectivity index (χ2v) is 3.91.